The summed E-state index contributed by atoms with van der Waals surface area (Å²) in [5, 5.41) is 15.2. The molecule has 1 aromatic rings. The maximum absolute atomic E-state index is 14.3. The third-order valence-electron chi connectivity index (χ3n) is 4.83. The normalized spacial score (nSPS) is 17.1. The first-order chi connectivity index (χ1) is 15.6. The van der Waals surface area contributed by atoms with Gasteiger partial charge in [-0.2, -0.15) is 8.78 Å². The van der Waals surface area contributed by atoms with E-state index in [0.717, 1.165) is 19.2 Å². The van der Waals surface area contributed by atoms with Crippen LogP contribution < -0.4 is 15.4 Å². The lowest BCUT2D eigenvalue weighted by atomic mass is 10.0. The molecule has 1 heterocycles. The number of morpholine rings is 1. The van der Waals surface area contributed by atoms with E-state index >= 15 is 0 Å². The van der Waals surface area contributed by atoms with Crippen LogP contribution in [0.1, 0.15) is 18.6 Å². The quantitative estimate of drug-likeness (QED) is 0.401. The molecule has 33 heavy (non-hydrogen) atoms. The van der Waals surface area contributed by atoms with Crippen LogP contribution in [0, 0.1) is 5.82 Å². The van der Waals surface area contributed by atoms with Gasteiger partial charge in [0.1, 0.15) is 23.7 Å². The third kappa shape index (κ3) is 7.87. The molecule has 0 aliphatic carbocycles. The lowest BCUT2D eigenvalue weighted by Crippen LogP contribution is -2.54. The minimum atomic E-state index is -3.18. The number of halogens is 3. The molecule has 1 saturated heterocycles. The molecule has 0 bridgehead atoms. The van der Waals surface area contributed by atoms with Gasteiger partial charge >= 0.3 is 12.6 Å². The van der Waals surface area contributed by atoms with Crippen molar-refractivity contribution in [2.45, 2.75) is 31.7 Å². The Bertz CT molecular complexity index is 837. The number of methoxy groups -OCH3 is 1. The summed E-state index contributed by atoms with van der Waals surface area (Å²) in [7, 11) is 0.998. The Kier molecular flexibility index (Phi) is 9.88. The Morgan fingerprint density at radius 1 is 1.21 bits per heavy atom. The molecule has 0 saturated carbocycles. The summed E-state index contributed by atoms with van der Waals surface area (Å²) in [5.74, 6) is -3.99. The molecular formula is C20H26F3N3O7. The highest BCUT2D eigenvalue weighted by Crippen LogP contribution is 2.25. The fraction of sp³-hybridized carbons (Fsp3) is 0.550. The molecule has 0 aromatic heterocycles. The first kappa shape index (κ1) is 26.4. The van der Waals surface area contributed by atoms with Crippen LogP contribution in [0.15, 0.2) is 18.2 Å². The molecule has 184 valence electrons. The molecule has 2 rings (SSSR count). The van der Waals surface area contributed by atoms with Crippen LogP contribution in [0.2, 0.25) is 0 Å². The molecular weight excluding hydrogens is 451 g/mol. The van der Waals surface area contributed by atoms with Gasteiger partial charge in [-0.15, -0.1) is 0 Å². The number of alkyl halides is 2. The van der Waals surface area contributed by atoms with E-state index in [-0.39, 0.29) is 6.54 Å². The molecule has 0 spiro atoms. The summed E-state index contributed by atoms with van der Waals surface area (Å²) >= 11 is 0. The Morgan fingerprint density at radius 2 is 1.88 bits per heavy atom. The van der Waals surface area contributed by atoms with E-state index in [9.17, 15) is 32.7 Å². The minimum Gasteiger partial charge on any atom is -0.467 e. The molecule has 13 heteroatoms. The highest BCUT2D eigenvalue weighted by atomic mass is 19.3. The van der Waals surface area contributed by atoms with Crippen molar-refractivity contribution in [2.24, 2.45) is 0 Å². The molecule has 2 amide bonds. The number of amides is 2. The number of hydrogen-bond acceptors (Lipinski definition) is 8. The summed E-state index contributed by atoms with van der Waals surface area (Å²) in [5.41, 5.74) is -0.462. The van der Waals surface area contributed by atoms with Gasteiger partial charge < -0.3 is 30.0 Å². The standard InChI is InChI=1S/C20H26F3N3O7/c1-11(24-15(27)10-26-5-7-32-8-6-26)18(29)25-16(19(30)31-2)17(28)13-4-3-12(9-14(13)21)33-20(22)23/h3-4,9,11,16-17,20,28H,5-8,10H2,1-2H3,(H,24,27)(H,25,29)/t11-,16-,17+/m0/s1. The van der Waals surface area contributed by atoms with Gasteiger partial charge in [0.05, 0.1) is 26.9 Å². The number of hydrogen-bond donors (Lipinski definition) is 3. The van der Waals surface area contributed by atoms with Crippen molar-refractivity contribution in [2.75, 3.05) is 40.0 Å². The second-order valence-electron chi connectivity index (χ2n) is 7.19. The number of aliphatic hydroxyl groups is 1. The number of nitrogens with one attached hydrogen (secondary N) is 2. The summed E-state index contributed by atoms with van der Waals surface area (Å²) in [6.45, 7) is 0.352. The maximum Gasteiger partial charge on any atom is 0.387 e. The minimum absolute atomic E-state index is 0.0439. The maximum atomic E-state index is 14.3. The topological polar surface area (TPSA) is 126 Å². The van der Waals surface area contributed by atoms with Crippen LogP contribution in [0.5, 0.6) is 5.75 Å². The molecule has 1 fully saturated rings. The van der Waals surface area contributed by atoms with Crippen LogP contribution in [0.3, 0.4) is 0 Å². The van der Waals surface area contributed by atoms with Crippen molar-refractivity contribution >= 4 is 17.8 Å². The van der Waals surface area contributed by atoms with Gasteiger partial charge in [-0.3, -0.25) is 14.5 Å². The number of benzene rings is 1. The second kappa shape index (κ2) is 12.4. The smallest absolute Gasteiger partial charge is 0.387 e. The Morgan fingerprint density at radius 3 is 2.45 bits per heavy atom. The van der Waals surface area contributed by atoms with Gasteiger partial charge in [-0.25, -0.2) is 9.18 Å². The highest BCUT2D eigenvalue weighted by Gasteiger charge is 2.34. The molecule has 3 N–H and O–H groups in total. The number of carbonyl (C=O) groups excluding carboxylic acids is 3. The Hall–Kier alpha value is -2.90. The van der Waals surface area contributed by atoms with Crippen LogP contribution >= 0.6 is 0 Å². The molecule has 0 radical (unpaired) electrons. The molecule has 3 atom stereocenters. The molecule has 0 unspecified atom stereocenters. The molecule has 1 aromatic carbocycles. The summed E-state index contributed by atoms with van der Waals surface area (Å²) in [4.78, 5) is 38.7. The van der Waals surface area contributed by atoms with Gasteiger partial charge in [-0.05, 0) is 19.1 Å². The third-order valence-corrected chi connectivity index (χ3v) is 4.83. The van der Waals surface area contributed by atoms with Crippen LogP contribution in [-0.4, -0.2) is 86.4 Å². The Balaban J connectivity index is 2.04. The second-order valence-corrected chi connectivity index (χ2v) is 7.19. The highest BCUT2D eigenvalue weighted by molar-refractivity contribution is 5.91. The zero-order chi connectivity index (χ0) is 24.5. The summed E-state index contributed by atoms with van der Waals surface area (Å²) in [6.07, 6.45) is -1.92. The lowest BCUT2D eigenvalue weighted by molar-refractivity contribution is -0.149. The van der Waals surface area contributed by atoms with Gasteiger partial charge in [0.2, 0.25) is 11.8 Å². The van der Waals surface area contributed by atoms with Crippen LogP contribution in [-0.2, 0) is 23.9 Å². The fourth-order valence-electron chi connectivity index (χ4n) is 3.09. The number of ether oxygens (including phenoxy) is 3. The van der Waals surface area contributed by atoms with E-state index in [1.807, 2.05) is 4.90 Å². The van der Waals surface area contributed by atoms with Gasteiger partial charge in [0.25, 0.3) is 0 Å². The van der Waals surface area contributed by atoms with Crippen LogP contribution in [0.25, 0.3) is 0 Å². The van der Waals surface area contributed by atoms with Crippen molar-refractivity contribution in [3.63, 3.8) is 0 Å². The Labute approximate surface area is 188 Å². The molecule has 1 aliphatic heterocycles. The van der Waals surface area contributed by atoms with E-state index < -0.39 is 59.7 Å². The number of aliphatic hydroxyl groups excluding tert-OH is 1. The van der Waals surface area contributed by atoms with Crippen LogP contribution in [0.4, 0.5) is 13.2 Å². The summed E-state index contributed by atoms with van der Waals surface area (Å²) in [6, 6.07) is -0.316. The van der Waals surface area contributed by atoms with Crippen molar-refractivity contribution in [1.29, 1.82) is 0 Å². The van der Waals surface area contributed by atoms with Gasteiger partial charge in [0.15, 0.2) is 6.04 Å². The van der Waals surface area contributed by atoms with Crippen molar-refractivity contribution < 1.29 is 46.9 Å². The zero-order valence-electron chi connectivity index (χ0n) is 18.1. The van der Waals surface area contributed by atoms with Crippen molar-refractivity contribution in [3.8, 4) is 5.75 Å². The summed E-state index contributed by atoms with van der Waals surface area (Å²) < 4.78 is 52.8. The monoisotopic (exact) mass is 477 g/mol. The lowest BCUT2D eigenvalue weighted by Gasteiger charge is -2.27. The zero-order valence-corrected chi connectivity index (χ0v) is 18.1. The van der Waals surface area contributed by atoms with Gasteiger partial charge in [0, 0.05) is 24.7 Å². The largest absolute Gasteiger partial charge is 0.467 e. The van der Waals surface area contributed by atoms with Gasteiger partial charge in [-0.1, -0.05) is 0 Å². The first-order valence-corrected chi connectivity index (χ1v) is 10.0. The SMILES string of the molecule is COC(=O)[C@@H](NC(=O)[C@H](C)NC(=O)CN1CCOCC1)[C@H](O)c1ccc(OC(F)F)cc1F. The van der Waals surface area contributed by atoms with E-state index in [1.165, 1.54) is 6.92 Å². The first-order valence-electron chi connectivity index (χ1n) is 10.0. The van der Waals surface area contributed by atoms with Crippen molar-refractivity contribution in [3.05, 3.63) is 29.6 Å². The number of nitrogens with zero attached hydrogens (tertiary/aromatic N) is 1. The average molecular weight is 477 g/mol. The molecule has 10 nitrogen and oxygen atoms in total. The van der Waals surface area contributed by atoms with E-state index in [2.05, 4.69) is 20.1 Å². The van der Waals surface area contributed by atoms with E-state index in [1.54, 1.807) is 0 Å². The van der Waals surface area contributed by atoms with E-state index in [0.29, 0.717) is 32.4 Å². The van der Waals surface area contributed by atoms with E-state index in [4.69, 9.17) is 4.74 Å². The molecule has 1 aliphatic rings. The predicted molar refractivity (Wildman–Crippen MR) is 107 cm³/mol. The average Bonchev–Trinajstić information content (AvgIpc) is 2.76. The number of carbonyl (C=O) groups is 3. The number of esters is 1. The predicted octanol–water partition coefficient (Wildman–Crippen LogP) is -0.0448. The fourth-order valence-corrected chi connectivity index (χ4v) is 3.09. The number of rotatable bonds is 10. The van der Waals surface area contributed by atoms with Crippen molar-refractivity contribution in [1.82, 2.24) is 15.5 Å².